The van der Waals surface area contributed by atoms with Crippen molar-refractivity contribution in [3.63, 3.8) is 0 Å². The van der Waals surface area contributed by atoms with Gasteiger partial charge in [0.15, 0.2) is 5.17 Å². The minimum Gasteiger partial charge on any atom is -0.301 e. The Morgan fingerprint density at radius 1 is 1.50 bits per heavy atom. The zero-order valence-electron chi connectivity index (χ0n) is 7.88. The summed E-state index contributed by atoms with van der Waals surface area (Å²) < 4.78 is 13.4. The predicted octanol–water partition coefficient (Wildman–Crippen LogP) is 2.62. The Kier molecular flexibility index (Phi) is 2.98. The molecule has 82 valence electrons. The molecule has 6 heteroatoms. The van der Waals surface area contributed by atoms with Crippen LogP contribution < -0.4 is 5.32 Å². The van der Waals surface area contributed by atoms with E-state index in [1.54, 1.807) is 6.07 Å². The molecule has 0 saturated carbocycles. The summed E-state index contributed by atoms with van der Waals surface area (Å²) in [6.45, 7) is 0. The zero-order chi connectivity index (χ0) is 11.7. The van der Waals surface area contributed by atoms with Gasteiger partial charge in [-0.15, -0.1) is 0 Å². The first kappa shape index (κ1) is 11.2. The Bertz CT molecular complexity index is 495. The molecule has 1 aliphatic rings. The van der Waals surface area contributed by atoms with Gasteiger partial charge in [0.25, 0.3) is 5.91 Å². The molecule has 3 nitrogen and oxygen atoms in total. The molecule has 1 amide bonds. The highest BCUT2D eigenvalue weighted by Gasteiger charge is 2.23. The van der Waals surface area contributed by atoms with E-state index in [0.717, 1.165) is 11.8 Å². The maximum atomic E-state index is 13.4. The van der Waals surface area contributed by atoms with E-state index >= 15 is 0 Å². The molecule has 0 aliphatic carbocycles. The summed E-state index contributed by atoms with van der Waals surface area (Å²) in [5.41, 5.74) is 0.163. The molecule has 1 aromatic rings. The second kappa shape index (κ2) is 4.27. The van der Waals surface area contributed by atoms with Gasteiger partial charge in [0.05, 0.1) is 9.93 Å². The van der Waals surface area contributed by atoms with Crippen LogP contribution in [0.5, 0.6) is 0 Å². The normalized spacial score (nSPS) is 18.0. The van der Waals surface area contributed by atoms with Crippen molar-refractivity contribution in [2.75, 3.05) is 0 Å². The van der Waals surface area contributed by atoms with Crippen molar-refractivity contribution in [1.82, 2.24) is 5.32 Å². The maximum Gasteiger partial charge on any atom is 0.264 e. The zero-order valence-corrected chi connectivity index (χ0v) is 9.45. The van der Waals surface area contributed by atoms with Crippen molar-refractivity contribution in [2.45, 2.75) is 0 Å². The number of rotatable bonds is 1. The summed E-state index contributed by atoms with van der Waals surface area (Å²) in [4.78, 5) is 11.6. The number of nitrogens with one attached hydrogen (secondary N) is 2. The Balaban J connectivity index is 2.44. The Hall–Kier alpha value is -1.33. The molecule has 0 unspecified atom stereocenters. The smallest absolute Gasteiger partial charge is 0.264 e. The number of halogens is 2. The van der Waals surface area contributed by atoms with Crippen molar-refractivity contribution in [3.05, 3.63) is 39.5 Å². The van der Waals surface area contributed by atoms with Crippen LogP contribution in [0.3, 0.4) is 0 Å². The maximum absolute atomic E-state index is 13.4. The SMILES string of the molecule is N=C1NC(=O)/C(=C/c2c(F)cccc2Cl)S1. The third-order valence-electron chi connectivity index (χ3n) is 1.94. The Labute approximate surface area is 100 Å². The van der Waals surface area contributed by atoms with Crippen molar-refractivity contribution in [1.29, 1.82) is 5.41 Å². The lowest BCUT2D eigenvalue weighted by atomic mass is 10.2. The molecule has 0 spiro atoms. The minimum absolute atomic E-state index is 0.0312. The van der Waals surface area contributed by atoms with Crippen molar-refractivity contribution < 1.29 is 9.18 Å². The summed E-state index contributed by atoms with van der Waals surface area (Å²) in [7, 11) is 0. The van der Waals surface area contributed by atoms with Crippen LogP contribution in [0.2, 0.25) is 5.02 Å². The molecular weight excluding hydrogens is 251 g/mol. The molecule has 0 atom stereocenters. The Morgan fingerprint density at radius 2 is 2.25 bits per heavy atom. The number of hydrogen-bond donors (Lipinski definition) is 2. The van der Waals surface area contributed by atoms with Crippen LogP contribution >= 0.6 is 23.4 Å². The molecule has 16 heavy (non-hydrogen) atoms. The number of carbonyl (C=O) groups is 1. The van der Waals surface area contributed by atoms with Crippen LogP contribution in [0.4, 0.5) is 4.39 Å². The van der Waals surface area contributed by atoms with E-state index in [0.29, 0.717) is 0 Å². The monoisotopic (exact) mass is 256 g/mol. The summed E-state index contributed by atoms with van der Waals surface area (Å²) >= 11 is 6.76. The number of hydrogen-bond acceptors (Lipinski definition) is 3. The molecule has 2 N–H and O–H groups in total. The van der Waals surface area contributed by atoms with Crippen molar-refractivity contribution in [3.8, 4) is 0 Å². The largest absolute Gasteiger partial charge is 0.301 e. The van der Waals surface area contributed by atoms with Crippen LogP contribution in [0.1, 0.15) is 5.56 Å². The average Bonchev–Trinajstić information content (AvgIpc) is 2.51. The van der Waals surface area contributed by atoms with Crippen molar-refractivity contribution >= 4 is 40.5 Å². The van der Waals surface area contributed by atoms with Gasteiger partial charge in [-0.25, -0.2) is 4.39 Å². The van der Waals surface area contributed by atoms with Crippen LogP contribution in [-0.4, -0.2) is 11.1 Å². The molecule has 2 rings (SSSR count). The summed E-state index contributed by atoms with van der Waals surface area (Å²) in [5, 5.41) is 9.81. The van der Waals surface area contributed by atoms with E-state index in [1.807, 2.05) is 0 Å². The standard InChI is InChI=1S/C10H6ClFN2OS/c11-6-2-1-3-7(12)5(6)4-8-9(15)14-10(13)16-8/h1-4H,(H2,13,14,15)/b8-4-. The molecule has 1 heterocycles. The fourth-order valence-electron chi connectivity index (χ4n) is 1.22. The van der Waals surface area contributed by atoms with E-state index in [-0.39, 0.29) is 20.7 Å². The van der Waals surface area contributed by atoms with Crippen LogP contribution in [0.25, 0.3) is 6.08 Å². The van der Waals surface area contributed by atoms with Crippen LogP contribution in [0, 0.1) is 11.2 Å². The summed E-state index contributed by atoms with van der Waals surface area (Å²) in [6, 6.07) is 4.30. The van der Waals surface area contributed by atoms with Gasteiger partial charge in [-0.2, -0.15) is 0 Å². The van der Waals surface area contributed by atoms with E-state index < -0.39 is 11.7 Å². The average molecular weight is 257 g/mol. The van der Waals surface area contributed by atoms with Gasteiger partial charge in [0.2, 0.25) is 0 Å². The van der Waals surface area contributed by atoms with Gasteiger partial charge < -0.3 is 5.32 Å². The molecule has 0 bridgehead atoms. The molecule has 1 aliphatic heterocycles. The van der Waals surface area contributed by atoms with Gasteiger partial charge in [0.1, 0.15) is 5.82 Å². The highest BCUT2D eigenvalue weighted by Crippen LogP contribution is 2.28. The molecule has 1 aromatic carbocycles. The second-order valence-electron chi connectivity index (χ2n) is 3.03. The molecule has 1 saturated heterocycles. The van der Waals surface area contributed by atoms with Gasteiger partial charge in [-0.3, -0.25) is 10.2 Å². The first-order chi connectivity index (χ1) is 7.58. The molecule has 1 fully saturated rings. The lowest BCUT2D eigenvalue weighted by molar-refractivity contribution is -0.115. The highest BCUT2D eigenvalue weighted by atomic mass is 35.5. The van der Waals surface area contributed by atoms with E-state index in [4.69, 9.17) is 17.0 Å². The number of carbonyl (C=O) groups excluding carboxylic acids is 1. The first-order valence-corrected chi connectivity index (χ1v) is 5.51. The first-order valence-electron chi connectivity index (χ1n) is 4.31. The predicted molar refractivity (Wildman–Crippen MR) is 62.8 cm³/mol. The summed E-state index contributed by atoms with van der Waals surface area (Å²) in [6.07, 6.45) is 1.35. The van der Waals surface area contributed by atoms with Crippen LogP contribution in [0.15, 0.2) is 23.1 Å². The minimum atomic E-state index is -0.494. The number of thioether (sulfide) groups is 1. The number of benzene rings is 1. The number of amides is 1. The van der Waals surface area contributed by atoms with Gasteiger partial charge in [-0.05, 0) is 30.0 Å². The van der Waals surface area contributed by atoms with Crippen molar-refractivity contribution in [2.24, 2.45) is 0 Å². The van der Waals surface area contributed by atoms with E-state index in [1.165, 1.54) is 18.2 Å². The summed E-state index contributed by atoms with van der Waals surface area (Å²) in [5.74, 6) is -0.902. The highest BCUT2D eigenvalue weighted by molar-refractivity contribution is 8.18. The second-order valence-corrected chi connectivity index (χ2v) is 4.49. The fourth-order valence-corrected chi connectivity index (χ4v) is 2.12. The van der Waals surface area contributed by atoms with Gasteiger partial charge in [-0.1, -0.05) is 17.7 Å². The third-order valence-corrected chi connectivity index (χ3v) is 3.10. The van der Waals surface area contributed by atoms with Crippen LogP contribution in [-0.2, 0) is 4.79 Å². The lowest BCUT2D eigenvalue weighted by Gasteiger charge is -2.00. The third kappa shape index (κ3) is 2.10. The Morgan fingerprint density at radius 3 is 2.81 bits per heavy atom. The quantitative estimate of drug-likeness (QED) is 0.759. The van der Waals surface area contributed by atoms with E-state index in [9.17, 15) is 9.18 Å². The topological polar surface area (TPSA) is 53.0 Å². The van der Waals surface area contributed by atoms with Gasteiger partial charge >= 0.3 is 0 Å². The molecule has 0 radical (unpaired) electrons. The van der Waals surface area contributed by atoms with Gasteiger partial charge in [0, 0.05) is 5.56 Å². The number of amidine groups is 1. The molecular formula is C10H6ClFN2OS. The van der Waals surface area contributed by atoms with E-state index in [2.05, 4.69) is 5.32 Å². The lowest BCUT2D eigenvalue weighted by Crippen LogP contribution is -2.18. The fraction of sp³-hybridized carbons (Fsp3) is 0. The molecule has 0 aromatic heterocycles.